The molecule has 0 spiro atoms. The van der Waals surface area contributed by atoms with Gasteiger partial charge in [0.2, 0.25) is 0 Å². The summed E-state index contributed by atoms with van der Waals surface area (Å²) in [6.07, 6.45) is 4.27. The predicted octanol–water partition coefficient (Wildman–Crippen LogP) is 6.20. The minimum absolute atomic E-state index is 0.962. The van der Waals surface area contributed by atoms with Gasteiger partial charge in [0.25, 0.3) is 0 Å². The normalized spacial score (nSPS) is 20.4. The zero-order chi connectivity index (χ0) is 19.8. The first-order chi connectivity index (χ1) is 13.5. The third-order valence-corrected chi connectivity index (χ3v) is 12.8. The van der Waals surface area contributed by atoms with Crippen molar-refractivity contribution in [2.45, 2.75) is 27.7 Å². The molecule has 2 aliphatic heterocycles. The summed E-state index contributed by atoms with van der Waals surface area (Å²) < 4.78 is 4.74. The van der Waals surface area contributed by atoms with E-state index in [9.17, 15) is 0 Å². The first kappa shape index (κ1) is 19.2. The summed E-state index contributed by atoms with van der Waals surface area (Å²) in [6.45, 7) is 8.35. The van der Waals surface area contributed by atoms with Gasteiger partial charge in [-0.25, -0.2) is 0 Å². The molecule has 0 aromatic heterocycles. The van der Waals surface area contributed by atoms with Crippen molar-refractivity contribution in [1.82, 2.24) is 0 Å². The van der Waals surface area contributed by atoms with Crippen molar-refractivity contribution < 1.29 is 0 Å². The van der Waals surface area contributed by atoms with Crippen LogP contribution in [0.5, 0.6) is 0 Å². The Hall–Kier alpha value is -2.12. The van der Waals surface area contributed by atoms with Crippen LogP contribution in [0, 0.1) is 0 Å². The Bertz CT molecular complexity index is 1010. The summed E-state index contributed by atoms with van der Waals surface area (Å²) >= 11 is -2.82. The average Bonchev–Trinajstić information content (AvgIpc) is 2.70. The molecule has 28 heavy (non-hydrogen) atoms. The summed E-state index contributed by atoms with van der Waals surface area (Å²) in [5, 5.41) is 0. The predicted molar refractivity (Wildman–Crippen MR) is 124 cm³/mol. The topological polar surface area (TPSA) is 31.2 Å². The molecule has 2 bridgehead atoms. The van der Waals surface area contributed by atoms with Gasteiger partial charge >= 0.3 is 178 Å². The van der Waals surface area contributed by atoms with E-state index >= 15 is 0 Å². The van der Waals surface area contributed by atoms with Crippen LogP contribution in [0.1, 0.15) is 27.7 Å². The number of hydrogen-bond donors (Lipinski definition) is 0. The molecule has 2 aliphatic rings. The Morgan fingerprint density at radius 3 is 1.50 bits per heavy atom. The molecule has 2 aromatic rings. The molecule has 0 saturated carbocycles. The molecule has 0 amide bonds. The van der Waals surface area contributed by atoms with Crippen molar-refractivity contribution in [3.8, 4) is 0 Å². The molecular weight excluding hydrogens is 471 g/mol. The zero-order valence-corrected chi connectivity index (χ0v) is 20.1. The van der Waals surface area contributed by atoms with Crippen molar-refractivity contribution in [2.75, 3.05) is 6.24 Å². The molecule has 6 heteroatoms. The van der Waals surface area contributed by atoms with E-state index in [1.165, 1.54) is 0 Å². The zero-order valence-electron chi connectivity index (χ0n) is 16.5. The van der Waals surface area contributed by atoms with E-state index in [-0.39, 0.29) is 0 Å². The third kappa shape index (κ3) is 3.49. The molecule has 140 valence electrons. The van der Waals surface area contributed by atoms with Gasteiger partial charge in [0.1, 0.15) is 0 Å². The third-order valence-electron chi connectivity index (χ3n) is 4.76. The number of aliphatic imine (C=N–C) groups is 2. The van der Waals surface area contributed by atoms with Crippen molar-refractivity contribution in [3.05, 3.63) is 72.1 Å². The van der Waals surface area contributed by atoms with E-state index in [4.69, 9.17) is 19.3 Å². The Morgan fingerprint density at radius 2 is 1.07 bits per heavy atom. The monoisotopic (exact) mass is 494 g/mol. The molecule has 2 heterocycles. The van der Waals surface area contributed by atoms with Gasteiger partial charge in [-0.1, -0.05) is 0 Å². The molecule has 4 nitrogen and oxygen atoms in total. The number of allylic oxidation sites excluding steroid dienone is 4. The van der Waals surface area contributed by atoms with Crippen LogP contribution >= 0.6 is 9.29 Å². The van der Waals surface area contributed by atoms with Crippen LogP contribution in [0.3, 0.4) is 0 Å². The van der Waals surface area contributed by atoms with Crippen LogP contribution in [0.4, 0.5) is 22.7 Å². The van der Waals surface area contributed by atoms with Crippen molar-refractivity contribution in [3.63, 3.8) is 0 Å². The summed E-state index contributed by atoms with van der Waals surface area (Å²) in [5.74, 6) is 0. The van der Waals surface area contributed by atoms with Crippen LogP contribution in [0.25, 0.3) is 0 Å². The number of anilines is 2. The molecule has 2 aromatic carbocycles. The van der Waals surface area contributed by atoms with Crippen LogP contribution in [0.15, 0.2) is 82.1 Å². The van der Waals surface area contributed by atoms with Crippen LogP contribution in [-0.4, -0.2) is 29.8 Å². The fourth-order valence-electron chi connectivity index (χ4n) is 3.66. The number of rotatable bonds is 0. The molecule has 0 saturated heterocycles. The van der Waals surface area contributed by atoms with E-state index in [0.717, 1.165) is 45.6 Å². The second-order valence-electron chi connectivity index (χ2n) is 7.01. The number of fused-ring (bicyclic) bond motifs is 6. The van der Waals surface area contributed by atoms with Crippen LogP contribution in [-0.2, 0) is 0 Å². The molecular formula is C22H22N4SSn. The standard InChI is InChI=1S/C22H22N4.S.Sn/c1-15-13-16(2)24-21-11-7-8-12-22(21)26-18(4)14-17(3)25-20-10-6-5-9-19(20)23-15;;/h5-14H,1-4H3;;/q-2;;+2/b15-13-,18-14-,24-16?,25-17?;;. The average molecular weight is 493 g/mol. The van der Waals surface area contributed by atoms with E-state index < -0.39 is 18.4 Å². The molecule has 0 fully saturated rings. The Labute approximate surface area is 177 Å². The summed E-state index contributed by atoms with van der Waals surface area (Å²) in [7, 11) is 6.35. The van der Waals surface area contributed by atoms with E-state index in [2.05, 4.69) is 68.6 Å². The Kier molecular flexibility index (Phi) is 5.29. The first-order valence-electron chi connectivity index (χ1n) is 9.25. The Morgan fingerprint density at radius 1 is 0.679 bits per heavy atom. The van der Waals surface area contributed by atoms with E-state index in [1.54, 1.807) is 0 Å². The molecule has 0 radical (unpaired) electrons. The molecule has 0 atom stereocenters. The Balaban J connectivity index is 2.10. The maximum atomic E-state index is 6.35. The van der Waals surface area contributed by atoms with Gasteiger partial charge in [-0.2, -0.15) is 0 Å². The van der Waals surface area contributed by atoms with Crippen molar-refractivity contribution >= 4 is 61.8 Å². The number of para-hydroxylation sites is 4. The van der Waals surface area contributed by atoms with Gasteiger partial charge in [0.15, 0.2) is 0 Å². The van der Waals surface area contributed by atoms with Gasteiger partial charge in [-0.15, -0.1) is 0 Å². The number of hydrogen-bond acceptors (Lipinski definition) is 3. The molecule has 0 aliphatic carbocycles. The summed E-state index contributed by atoms with van der Waals surface area (Å²) in [4.78, 5) is 9.80. The second kappa shape index (κ2) is 7.72. The van der Waals surface area contributed by atoms with Crippen LogP contribution in [0.2, 0.25) is 0 Å². The fourth-order valence-corrected chi connectivity index (χ4v) is 11.8. The maximum absolute atomic E-state index is 6.35. The molecule has 0 unspecified atom stereocenters. The first-order valence-corrected chi connectivity index (χ1v) is 15.7. The van der Waals surface area contributed by atoms with Crippen molar-refractivity contribution in [2.24, 2.45) is 9.98 Å². The van der Waals surface area contributed by atoms with Gasteiger partial charge < -0.3 is 0 Å². The van der Waals surface area contributed by atoms with Gasteiger partial charge in [-0.3, -0.25) is 0 Å². The number of benzene rings is 2. The quantitative estimate of drug-likeness (QED) is 0.410. The van der Waals surface area contributed by atoms with Gasteiger partial charge in [0, 0.05) is 0 Å². The van der Waals surface area contributed by atoms with E-state index in [0.29, 0.717) is 0 Å². The fraction of sp³-hybridized carbons (Fsp3) is 0.182. The van der Waals surface area contributed by atoms with E-state index in [1.807, 2.05) is 26.0 Å². The number of nitrogens with zero attached hydrogens (tertiary/aromatic N) is 4. The summed E-state index contributed by atoms with van der Waals surface area (Å²) in [6, 6.07) is 16.6. The second-order valence-corrected chi connectivity index (χ2v) is 13.6. The molecule has 4 rings (SSSR count). The van der Waals surface area contributed by atoms with Crippen LogP contribution < -0.4 is 6.24 Å². The van der Waals surface area contributed by atoms with Gasteiger partial charge in [0.05, 0.1) is 0 Å². The minimum atomic E-state index is -2.82. The van der Waals surface area contributed by atoms with Crippen molar-refractivity contribution in [1.29, 1.82) is 0 Å². The molecule has 0 N–H and O–H groups in total. The van der Waals surface area contributed by atoms with Gasteiger partial charge in [-0.05, 0) is 0 Å². The SMILES string of the molecule is CC1=Nc2ccccc2[N]2/C(C)=C\C(C)=Nc3ccccc3[N](/C(C)=C\1)[Sn]2=[S]. The summed E-state index contributed by atoms with van der Waals surface area (Å²) in [5.41, 5.74) is 8.28.